The van der Waals surface area contributed by atoms with E-state index in [4.69, 9.17) is 0 Å². The van der Waals surface area contributed by atoms with E-state index in [1.54, 1.807) is 10.8 Å². The summed E-state index contributed by atoms with van der Waals surface area (Å²) < 4.78 is 1.98. The van der Waals surface area contributed by atoms with Crippen molar-refractivity contribution in [3.05, 3.63) is 18.0 Å². The first kappa shape index (κ1) is 17.7. The van der Waals surface area contributed by atoms with Crippen molar-refractivity contribution in [3.63, 3.8) is 0 Å². The van der Waals surface area contributed by atoms with Crippen LogP contribution < -0.4 is 0 Å². The monoisotopic (exact) mass is 342 g/mol. The fourth-order valence-corrected chi connectivity index (χ4v) is 3.54. The molecule has 1 saturated heterocycles. The largest absolute Gasteiger partial charge is 0.340 e. The number of hydrogen-bond acceptors (Lipinski definition) is 5. The van der Waals surface area contributed by atoms with Gasteiger partial charge in [-0.2, -0.15) is 5.10 Å². The van der Waals surface area contributed by atoms with E-state index in [2.05, 4.69) is 34.8 Å². The van der Waals surface area contributed by atoms with Gasteiger partial charge < -0.3 is 4.90 Å². The molecular weight excluding hydrogens is 316 g/mol. The van der Waals surface area contributed by atoms with Crippen LogP contribution in [0.2, 0.25) is 0 Å². The van der Waals surface area contributed by atoms with E-state index in [9.17, 15) is 4.79 Å². The molecule has 22 heavy (non-hydrogen) atoms. The fourth-order valence-electron chi connectivity index (χ4n) is 2.63. The third-order valence-corrected chi connectivity index (χ3v) is 4.92. The van der Waals surface area contributed by atoms with Crippen LogP contribution in [0.1, 0.15) is 31.7 Å². The molecule has 2 heterocycles. The lowest BCUT2D eigenvalue weighted by Crippen LogP contribution is -2.48. The van der Waals surface area contributed by atoms with Crippen LogP contribution in [-0.2, 0) is 17.8 Å². The molecule has 0 saturated carbocycles. The number of thiol groups is 1. The molecule has 0 aliphatic carbocycles. The highest BCUT2D eigenvalue weighted by atomic mass is 33.1. The molecule has 5 nitrogen and oxygen atoms in total. The van der Waals surface area contributed by atoms with Gasteiger partial charge in [0.1, 0.15) is 0 Å². The lowest BCUT2D eigenvalue weighted by Gasteiger charge is -2.34. The van der Waals surface area contributed by atoms with Gasteiger partial charge in [-0.25, -0.2) is 0 Å². The zero-order valence-corrected chi connectivity index (χ0v) is 15.0. The molecule has 0 spiro atoms. The molecule has 1 fully saturated rings. The second kappa shape index (κ2) is 9.47. The van der Waals surface area contributed by atoms with Gasteiger partial charge in [-0.1, -0.05) is 17.7 Å². The minimum absolute atomic E-state index is 0.299. The number of nitrogens with zero attached hydrogens (tertiary/aromatic N) is 4. The van der Waals surface area contributed by atoms with Crippen molar-refractivity contribution in [3.8, 4) is 0 Å². The molecular formula is C15H26N4OS2. The summed E-state index contributed by atoms with van der Waals surface area (Å²) >= 11 is 4.18. The quantitative estimate of drug-likeness (QED) is 0.447. The molecule has 0 atom stereocenters. The van der Waals surface area contributed by atoms with E-state index in [-0.39, 0.29) is 0 Å². The minimum Gasteiger partial charge on any atom is -0.340 e. The Morgan fingerprint density at radius 1 is 1.32 bits per heavy atom. The Morgan fingerprint density at radius 2 is 2.09 bits per heavy atom. The van der Waals surface area contributed by atoms with Crippen LogP contribution in [-0.4, -0.2) is 57.5 Å². The summed E-state index contributed by atoms with van der Waals surface area (Å²) in [5.41, 5.74) is 1.27. The number of amides is 1. The molecule has 2 rings (SSSR count). The summed E-state index contributed by atoms with van der Waals surface area (Å²) in [5.74, 6) is 1.24. The molecule has 1 amide bonds. The standard InChI is InChI=1S/C15H26N4OS2/c1-2-14-11-16-19(12-14)6-4-3-5-15(20)18-9-7-17(8-10-18)13-22-21/h11-12,21H,2-10,13H2,1H3. The highest BCUT2D eigenvalue weighted by Gasteiger charge is 2.20. The second-order valence-corrected chi connectivity index (χ2v) is 6.97. The Kier molecular flexibility index (Phi) is 7.62. The van der Waals surface area contributed by atoms with Crippen LogP contribution in [0.4, 0.5) is 0 Å². The first-order chi connectivity index (χ1) is 10.7. The lowest BCUT2D eigenvalue weighted by molar-refractivity contribution is -0.132. The van der Waals surface area contributed by atoms with E-state index < -0.39 is 0 Å². The van der Waals surface area contributed by atoms with Crippen LogP contribution >= 0.6 is 22.5 Å². The Bertz CT molecular complexity index is 458. The van der Waals surface area contributed by atoms with Gasteiger partial charge in [0.25, 0.3) is 0 Å². The van der Waals surface area contributed by atoms with Crippen LogP contribution in [0.25, 0.3) is 0 Å². The predicted molar refractivity (Wildman–Crippen MR) is 95.1 cm³/mol. The van der Waals surface area contributed by atoms with Gasteiger partial charge in [0.05, 0.1) is 12.1 Å². The van der Waals surface area contributed by atoms with Gasteiger partial charge in [0.2, 0.25) is 5.91 Å². The summed E-state index contributed by atoms with van der Waals surface area (Å²) in [5, 5.41) is 4.33. The molecule has 0 N–H and O–H groups in total. The first-order valence-electron chi connectivity index (χ1n) is 8.00. The number of carbonyl (C=O) groups is 1. The molecule has 0 unspecified atom stereocenters. The number of aromatic nitrogens is 2. The zero-order chi connectivity index (χ0) is 15.8. The lowest BCUT2D eigenvalue weighted by atomic mass is 10.2. The van der Waals surface area contributed by atoms with Crippen molar-refractivity contribution < 1.29 is 4.79 Å². The maximum absolute atomic E-state index is 12.2. The van der Waals surface area contributed by atoms with E-state index >= 15 is 0 Å². The third kappa shape index (κ3) is 5.52. The Balaban J connectivity index is 1.60. The fraction of sp³-hybridized carbons (Fsp3) is 0.733. The molecule has 0 bridgehead atoms. The van der Waals surface area contributed by atoms with Crippen LogP contribution in [0, 0.1) is 0 Å². The number of aryl methyl sites for hydroxylation is 2. The van der Waals surface area contributed by atoms with Gasteiger partial charge in [0, 0.05) is 45.3 Å². The molecule has 1 aromatic heterocycles. The van der Waals surface area contributed by atoms with E-state index in [0.29, 0.717) is 12.3 Å². The first-order valence-corrected chi connectivity index (χ1v) is 10.0. The summed E-state index contributed by atoms with van der Waals surface area (Å²) in [6, 6.07) is 0. The topological polar surface area (TPSA) is 41.4 Å². The third-order valence-electron chi connectivity index (χ3n) is 4.09. The summed E-state index contributed by atoms with van der Waals surface area (Å²) in [6.07, 6.45) is 7.65. The van der Waals surface area contributed by atoms with Crippen molar-refractivity contribution in [1.29, 1.82) is 0 Å². The predicted octanol–water partition coefficient (Wildman–Crippen LogP) is 2.30. The number of hydrogen-bond donors (Lipinski definition) is 1. The molecule has 7 heteroatoms. The molecule has 124 valence electrons. The SMILES string of the molecule is CCc1cnn(CCCCC(=O)N2CCN(CSS)CC2)c1. The van der Waals surface area contributed by atoms with E-state index in [1.807, 2.05) is 15.8 Å². The summed E-state index contributed by atoms with van der Waals surface area (Å²) in [4.78, 5) is 16.5. The number of piperazine rings is 1. The van der Waals surface area contributed by atoms with Crippen LogP contribution in [0.3, 0.4) is 0 Å². The second-order valence-electron chi connectivity index (χ2n) is 5.68. The van der Waals surface area contributed by atoms with Gasteiger partial charge in [-0.05, 0) is 24.8 Å². The van der Waals surface area contributed by atoms with Gasteiger partial charge in [0.15, 0.2) is 0 Å². The zero-order valence-electron chi connectivity index (χ0n) is 13.3. The number of unbranched alkanes of at least 4 members (excludes halogenated alkanes) is 1. The number of rotatable bonds is 8. The minimum atomic E-state index is 0.299. The van der Waals surface area contributed by atoms with Crippen molar-refractivity contribution in [2.24, 2.45) is 0 Å². The van der Waals surface area contributed by atoms with Gasteiger partial charge in [-0.15, -0.1) is 11.7 Å². The highest BCUT2D eigenvalue weighted by Crippen LogP contribution is 2.12. The molecule has 1 aromatic rings. The van der Waals surface area contributed by atoms with E-state index in [0.717, 1.165) is 57.9 Å². The number of carbonyl (C=O) groups excluding carboxylic acids is 1. The molecule has 1 aliphatic heterocycles. The Morgan fingerprint density at radius 3 is 2.73 bits per heavy atom. The Labute approximate surface area is 142 Å². The Hall–Kier alpha value is -0.660. The summed E-state index contributed by atoms with van der Waals surface area (Å²) in [7, 11) is 1.54. The van der Waals surface area contributed by atoms with Crippen LogP contribution in [0.5, 0.6) is 0 Å². The van der Waals surface area contributed by atoms with Crippen molar-refractivity contribution in [1.82, 2.24) is 19.6 Å². The van der Waals surface area contributed by atoms with Gasteiger partial charge in [-0.3, -0.25) is 14.4 Å². The molecule has 0 radical (unpaired) electrons. The normalized spacial score (nSPS) is 16.2. The maximum Gasteiger partial charge on any atom is 0.222 e. The average molecular weight is 343 g/mol. The van der Waals surface area contributed by atoms with Crippen molar-refractivity contribution >= 4 is 28.4 Å². The van der Waals surface area contributed by atoms with Crippen molar-refractivity contribution in [2.75, 3.05) is 32.1 Å². The summed E-state index contributed by atoms with van der Waals surface area (Å²) in [6.45, 7) is 6.67. The highest BCUT2D eigenvalue weighted by molar-refractivity contribution is 8.68. The van der Waals surface area contributed by atoms with Crippen molar-refractivity contribution in [2.45, 2.75) is 39.2 Å². The maximum atomic E-state index is 12.2. The molecule has 0 aromatic carbocycles. The van der Waals surface area contributed by atoms with Gasteiger partial charge >= 0.3 is 0 Å². The van der Waals surface area contributed by atoms with E-state index in [1.165, 1.54) is 5.56 Å². The average Bonchev–Trinajstić information content (AvgIpc) is 3.00. The van der Waals surface area contributed by atoms with Crippen LogP contribution in [0.15, 0.2) is 12.4 Å². The smallest absolute Gasteiger partial charge is 0.222 e. The molecule has 1 aliphatic rings.